The van der Waals surface area contributed by atoms with E-state index in [4.69, 9.17) is 0 Å². The Bertz CT molecular complexity index is 387. The number of amides is 1. The molecule has 1 aliphatic rings. The van der Waals surface area contributed by atoms with Crippen molar-refractivity contribution in [2.45, 2.75) is 13.3 Å². The summed E-state index contributed by atoms with van der Waals surface area (Å²) in [6.45, 7) is 8.08. The largest absolute Gasteiger partial charge is 0.351 e. The van der Waals surface area contributed by atoms with Crippen molar-refractivity contribution in [3.05, 3.63) is 16.1 Å². The average Bonchev–Trinajstić information content (AvgIpc) is 2.82. The van der Waals surface area contributed by atoms with Gasteiger partial charge in [-0.3, -0.25) is 4.79 Å². The summed E-state index contributed by atoms with van der Waals surface area (Å²) in [5.74, 6) is 0.000843. The molecular formula is C12H20N4OS. The molecule has 2 heterocycles. The number of piperazine rings is 1. The van der Waals surface area contributed by atoms with E-state index in [0.29, 0.717) is 4.88 Å². The topological polar surface area (TPSA) is 57.3 Å². The molecule has 0 bridgehead atoms. The van der Waals surface area contributed by atoms with Gasteiger partial charge in [0.15, 0.2) is 0 Å². The van der Waals surface area contributed by atoms with Crippen molar-refractivity contribution in [1.82, 2.24) is 20.5 Å². The van der Waals surface area contributed by atoms with E-state index in [0.717, 1.165) is 50.7 Å². The van der Waals surface area contributed by atoms with Crippen LogP contribution in [-0.4, -0.2) is 55.1 Å². The molecule has 6 heteroatoms. The van der Waals surface area contributed by atoms with Gasteiger partial charge in [-0.1, -0.05) is 0 Å². The number of carbonyl (C=O) groups is 1. The van der Waals surface area contributed by atoms with Crippen LogP contribution in [0.15, 0.2) is 6.20 Å². The molecule has 0 radical (unpaired) electrons. The molecule has 2 N–H and O–H groups in total. The molecule has 18 heavy (non-hydrogen) atoms. The summed E-state index contributed by atoms with van der Waals surface area (Å²) >= 11 is 1.44. The first kappa shape index (κ1) is 13.5. The van der Waals surface area contributed by atoms with Gasteiger partial charge in [0.05, 0.1) is 11.2 Å². The normalized spacial score (nSPS) is 16.7. The molecule has 5 nitrogen and oxygen atoms in total. The maximum atomic E-state index is 11.7. The number of rotatable bonds is 5. The summed E-state index contributed by atoms with van der Waals surface area (Å²) in [6, 6.07) is 0. The number of carbonyl (C=O) groups excluding carboxylic acids is 1. The summed E-state index contributed by atoms with van der Waals surface area (Å²) < 4.78 is 0. The molecule has 1 saturated heterocycles. The zero-order chi connectivity index (χ0) is 12.8. The quantitative estimate of drug-likeness (QED) is 0.763. The molecule has 0 unspecified atom stereocenters. The van der Waals surface area contributed by atoms with Crippen LogP contribution in [0.1, 0.15) is 21.1 Å². The van der Waals surface area contributed by atoms with Crippen molar-refractivity contribution in [2.24, 2.45) is 0 Å². The monoisotopic (exact) mass is 268 g/mol. The van der Waals surface area contributed by atoms with Crippen molar-refractivity contribution in [3.8, 4) is 0 Å². The average molecular weight is 268 g/mol. The van der Waals surface area contributed by atoms with Crippen LogP contribution in [0.4, 0.5) is 0 Å². The highest BCUT2D eigenvalue weighted by atomic mass is 32.1. The fourth-order valence-electron chi connectivity index (χ4n) is 1.99. The summed E-state index contributed by atoms with van der Waals surface area (Å²) in [5.41, 5.74) is 0. The van der Waals surface area contributed by atoms with Crippen molar-refractivity contribution in [3.63, 3.8) is 0 Å². The zero-order valence-electron chi connectivity index (χ0n) is 10.7. The van der Waals surface area contributed by atoms with Crippen LogP contribution in [0.3, 0.4) is 0 Å². The van der Waals surface area contributed by atoms with Gasteiger partial charge < -0.3 is 15.5 Å². The van der Waals surface area contributed by atoms with E-state index in [9.17, 15) is 4.79 Å². The van der Waals surface area contributed by atoms with Gasteiger partial charge in [0.2, 0.25) is 0 Å². The van der Waals surface area contributed by atoms with Crippen LogP contribution in [-0.2, 0) is 0 Å². The Labute approximate surface area is 112 Å². The third-order valence-electron chi connectivity index (χ3n) is 2.99. The maximum Gasteiger partial charge on any atom is 0.263 e. The number of nitrogens with zero attached hydrogens (tertiary/aromatic N) is 2. The van der Waals surface area contributed by atoms with Crippen LogP contribution >= 0.6 is 11.3 Å². The molecule has 0 atom stereocenters. The minimum atomic E-state index is 0.000843. The maximum absolute atomic E-state index is 11.7. The lowest BCUT2D eigenvalue weighted by atomic mass is 10.3. The molecule has 0 aromatic carbocycles. The van der Waals surface area contributed by atoms with Crippen molar-refractivity contribution < 1.29 is 4.79 Å². The predicted octanol–water partition coefficient (Wildman–Crippen LogP) is 0.477. The molecule has 1 fully saturated rings. The first-order valence-electron chi connectivity index (χ1n) is 6.39. The van der Waals surface area contributed by atoms with Crippen LogP contribution in [0.2, 0.25) is 0 Å². The second kappa shape index (κ2) is 6.82. The smallest absolute Gasteiger partial charge is 0.263 e. The van der Waals surface area contributed by atoms with Crippen LogP contribution in [0.25, 0.3) is 0 Å². The van der Waals surface area contributed by atoms with Crippen LogP contribution in [0.5, 0.6) is 0 Å². The van der Waals surface area contributed by atoms with E-state index >= 15 is 0 Å². The van der Waals surface area contributed by atoms with Crippen LogP contribution < -0.4 is 10.6 Å². The summed E-state index contributed by atoms with van der Waals surface area (Å²) in [4.78, 5) is 19.0. The van der Waals surface area contributed by atoms with E-state index in [2.05, 4.69) is 20.5 Å². The summed E-state index contributed by atoms with van der Waals surface area (Å²) in [7, 11) is 0. The lowest BCUT2D eigenvalue weighted by Gasteiger charge is -2.26. The highest BCUT2D eigenvalue weighted by molar-refractivity contribution is 7.13. The molecule has 1 aliphatic heterocycles. The molecule has 0 saturated carbocycles. The van der Waals surface area contributed by atoms with Crippen LogP contribution in [0, 0.1) is 6.92 Å². The summed E-state index contributed by atoms with van der Waals surface area (Å²) in [6.07, 6.45) is 2.65. The van der Waals surface area contributed by atoms with Gasteiger partial charge in [-0.2, -0.15) is 0 Å². The van der Waals surface area contributed by atoms with Gasteiger partial charge in [0.1, 0.15) is 4.88 Å². The zero-order valence-corrected chi connectivity index (χ0v) is 11.6. The molecule has 1 aromatic rings. The number of aryl methyl sites for hydroxylation is 1. The van der Waals surface area contributed by atoms with E-state index in [1.165, 1.54) is 11.3 Å². The molecule has 100 valence electrons. The van der Waals surface area contributed by atoms with E-state index < -0.39 is 0 Å². The van der Waals surface area contributed by atoms with E-state index in [1.54, 1.807) is 6.20 Å². The third kappa shape index (κ3) is 4.04. The molecule has 2 rings (SSSR count). The Kier molecular flexibility index (Phi) is 5.10. The fraction of sp³-hybridized carbons (Fsp3) is 0.667. The molecular weight excluding hydrogens is 248 g/mol. The number of nitrogens with one attached hydrogen (secondary N) is 2. The molecule has 1 aromatic heterocycles. The second-order valence-corrected chi connectivity index (χ2v) is 5.68. The van der Waals surface area contributed by atoms with Crippen molar-refractivity contribution >= 4 is 17.2 Å². The molecule has 1 amide bonds. The van der Waals surface area contributed by atoms with Gasteiger partial charge in [0.25, 0.3) is 5.91 Å². The predicted molar refractivity (Wildman–Crippen MR) is 73.1 cm³/mol. The Morgan fingerprint density at radius 2 is 2.33 bits per heavy atom. The highest BCUT2D eigenvalue weighted by Crippen LogP contribution is 2.10. The van der Waals surface area contributed by atoms with Gasteiger partial charge in [0, 0.05) is 32.7 Å². The number of hydrogen-bond acceptors (Lipinski definition) is 5. The third-order valence-corrected chi connectivity index (χ3v) is 3.90. The lowest BCUT2D eigenvalue weighted by Crippen LogP contribution is -2.44. The number of thiazole rings is 1. The van der Waals surface area contributed by atoms with Gasteiger partial charge >= 0.3 is 0 Å². The minimum Gasteiger partial charge on any atom is -0.351 e. The first-order valence-corrected chi connectivity index (χ1v) is 7.21. The molecule has 0 spiro atoms. The molecule has 0 aliphatic carbocycles. The Morgan fingerprint density at radius 3 is 3.00 bits per heavy atom. The highest BCUT2D eigenvalue weighted by Gasteiger charge is 2.10. The van der Waals surface area contributed by atoms with E-state index in [1.807, 2.05) is 6.92 Å². The van der Waals surface area contributed by atoms with Gasteiger partial charge in [-0.05, 0) is 19.9 Å². The van der Waals surface area contributed by atoms with Crippen molar-refractivity contribution in [1.29, 1.82) is 0 Å². The number of aromatic nitrogens is 1. The summed E-state index contributed by atoms with van der Waals surface area (Å²) in [5, 5.41) is 7.20. The van der Waals surface area contributed by atoms with Crippen molar-refractivity contribution in [2.75, 3.05) is 39.3 Å². The Balaban J connectivity index is 1.61. The Hall–Kier alpha value is -0.980. The van der Waals surface area contributed by atoms with Gasteiger partial charge in [-0.25, -0.2) is 4.98 Å². The minimum absolute atomic E-state index is 0.000843. The Morgan fingerprint density at radius 1 is 1.56 bits per heavy atom. The van der Waals surface area contributed by atoms with Gasteiger partial charge in [-0.15, -0.1) is 11.3 Å². The van der Waals surface area contributed by atoms with E-state index in [-0.39, 0.29) is 5.91 Å². The SMILES string of the molecule is Cc1ncc(C(=O)NCCCN2CCNCC2)s1. The number of hydrogen-bond donors (Lipinski definition) is 2. The second-order valence-electron chi connectivity index (χ2n) is 4.44. The standard InChI is InChI=1S/C12H20N4OS/c1-10-15-9-11(18-10)12(17)14-3-2-6-16-7-4-13-5-8-16/h9,13H,2-8H2,1H3,(H,14,17). The lowest BCUT2D eigenvalue weighted by molar-refractivity contribution is 0.0955. The fourth-order valence-corrected chi connectivity index (χ4v) is 2.69. The first-order chi connectivity index (χ1) is 8.75.